The summed E-state index contributed by atoms with van der Waals surface area (Å²) < 4.78 is 6.12. The fraction of sp³-hybridized carbons (Fsp3) is 0.538. The van der Waals surface area contributed by atoms with E-state index in [-0.39, 0.29) is 10.7 Å². The molecule has 0 unspecified atom stereocenters. The standard InChI is InChI=1S/C13H21NO3Si/c1-10-7-8-11(14(15)16)9-12(10)17-18(5,6)13(2,3)4/h7-9H,1-6H3. The van der Waals surface area contributed by atoms with Gasteiger partial charge in [0, 0.05) is 6.07 Å². The van der Waals surface area contributed by atoms with Gasteiger partial charge in [0.1, 0.15) is 5.75 Å². The summed E-state index contributed by atoms with van der Waals surface area (Å²) in [6, 6.07) is 4.77. The maximum atomic E-state index is 10.8. The van der Waals surface area contributed by atoms with Crippen LogP contribution in [0.1, 0.15) is 26.3 Å². The van der Waals surface area contributed by atoms with Gasteiger partial charge in [-0.1, -0.05) is 20.8 Å². The van der Waals surface area contributed by atoms with Gasteiger partial charge in [-0.2, -0.15) is 0 Å². The van der Waals surface area contributed by atoms with Gasteiger partial charge in [-0.3, -0.25) is 10.1 Å². The number of nitro benzene ring substituents is 1. The first kappa shape index (κ1) is 14.7. The number of aryl methyl sites for hydroxylation is 1. The van der Waals surface area contributed by atoms with Gasteiger partial charge < -0.3 is 4.43 Å². The predicted molar refractivity (Wildman–Crippen MR) is 75.7 cm³/mol. The number of benzene rings is 1. The van der Waals surface area contributed by atoms with Crippen LogP contribution in [0, 0.1) is 17.0 Å². The summed E-state index contributed by atoms with van der Waals surface area (Å²) >= 11 is 0. The monoisotopic (exact) mass is 267 g/mol. The molecule has 100 valence electrons. The van der Waals surface area contributed by atoms with Gasteiger partial charge in [-0.05, 0) is 36.7 Å². The second-order valence-electron chi connectivity index (χ2n) is 6.07. The van der Waals surface area contributed by atoms with Crippen molar-refractivity contribution in [1.29, 1.82) is 0 Å². The smallest absolute Gasteiger partial charge is 0.273 e. The normalized spacial score (nSPS) is 12.3. The van der Waals surface area contributed by atoms with Crippen LogP contribution >= 0.6 is 0 Å². The number of nitrogens with zero attached hydrogens (tertiary/aromatic N) is 1. The summed E-state index contributed by atoms with van der Waals surface area (Å²) in [5, 5.41) is 10.9. The van der Waals surface area contributed by atoms with E-state index in [1.165, 1.54) is 12.1 Å². The summed E-state index contributed by atoms with van der Waals surface area (Å²) in [4.78, 5) is 10.4. The minimum Gasteiger partial charge on any atom is -0.543 e. The Balaban J connectivity index is 3.11. The van der Waals surface area contributed by atoms with Gasteiger partial charge in [0.05, 0.1) is 11.0 Å². The highest BCUT2D eigenvalue weighted by Gasteiger charge is 2.39. The molecule has 0 aliphatic rings. The molecule has 0 saturated heterocycles. The van der Waals surface area contributed by atoms with Gasteiger partial charge in [0.2, 0.25) is 8.32 Å². The Kier molecular flexibility index (Phi) is 3.86. The van der Waals surface area contributed by atoms with E-state index in [9.17, 15) is 10.1 Å². The Labute approximate surface area is 109 Å². The van der Waals surface area contributed by atoms with Crippen LogP contribution in [0.3, 0.4) is 0 Å². The molecule has 0 amide bonds. The van der Waals surface area contributed by atoms with Crippen molar-refractivity contribution >= 4 is 14.0 Å². The molecule has 18 heavy (non-hydrogen) atoms. The highest BCUT2D eigenvalue weighted by atomic mass is 28.4. The molecule has 0 aliphatic carbocycles. The Bertz CT molecular complexity index is 464. The number of rotatable bonds is 3. The Morgan fingerprint density at radius 3 is 2.28 bits per heavy atom. The maximum Gasteiger partial charge on any atom is 0.273 e. The SMILES string of the molecule is Cc1ccc([N+](=O)[O-])cc1O[Si](C)(C)C(C)(C)C. The van der Waals surface area contributed by atoms with Crippen LogP contribution in [0.5, 0.6) is 5.75 Å². The molecule has 0 aliphatic heterocycles. The molecule has 0 fully saturated rings. The first-order valence-electron chi connectivity index (χ1n) is 5.99. The zero-order valence-corrected chi connectivity index (χ0v) is 12.9. The summed E-state index contributed by atoms with van der Waals surface area (Å²) in [6.45, 7) is 12.6. The second kappa shape index (κ2) is 4.72. The fourth-order valence-electron chi connectivity index (χ4n) is 1.24. The molecule has 0 bridgehead atoms. The summed E-state index contributed by atoms with van der Waals surface area (Å²) in [5.41, 5.74) is 1.01. The molecule has 0 N–H and O–H groups in total. The van der Waals surface area contributed by atoms with Crippen molar-refractivity contribution < 1.29 is 9.35 Å². The van der Waals surface area contributed by atoms with Crippen LogP contribution in [0.25, 0.3) is 0 Å². The molecule has 1 aromatic carbocycles. The third-order valence-electron chi connectivity index (χ3n) is 3.55. The maximum absolute atomic E-state index is 10.8. The molecule has 4 nitrogen and oxygen atoms in total. The third-order valence-corrected chi connectivity index (χ3v) is 7.90. The Morgan fingerprint density at radius 2 is 1.83 bits per heavy atom. The molecule has 0 aromatic heterocycles. The summed E-state index contributed by atoms with van der Waals surface area (Å²) in [5.74, 6) is 0.635. The van der Waals surface area contributed by atoms with Gasteiger partial charge in [0.25, 0.3) is 5.69 Å². The van der Waals surface area contributed by atoms with E-state index in [1.807, 2.05) is 6.92 Å². The third kappa shape index (κ3) is 3.10. The van der Waals surface area contributed by atoms with E-state index in [0.717, 1.165) is 5.56 Å². The highest BCUT2D eigenvalue weighted by Crippen LogP contribution is 2.38. The molecule has 1 rings (SSSR count). The largest absolute Gasteiger partial charge is 0.543 e. The molecule has 5 heteroatoms. The summed E-state index contributed by atoms with van der Waals surface area (Å²) in [7, 11) is -1.96. The molecular formula is C13H21NO3Si. The zero-order chi connectivity index (χ0) is 14.1. The minimum atomic E-state index is -1.96. The number of hydrogen-bond acceptors (Lipinski definition) is 3. The van der Waals surface area contributed by atoms with Crippen molar-refractivity contribution in [3.05, 3.63) is 33.9 Å². The van der Waals surface area contributed by atoms with Crippen molar-refractivity contribution in [1.82, 2.24) is 0 Å². The van der Waals surface area contributed by atoms with E-state index < -0.39 is 13.2 Å². The van der Waals surface area contributed by atoms with Crippen LogP contribution in [0.2, 0.25) is 18.1 Å². The van der Waals surface area contributed by atoms with Crippen molar-refractivity contribution in [2.24, 2.45) is 0 Å². The number of hydrogen-bond donors (Lipinski definition) is 0. The predicted octanol–water partition coefficient (Wildman–Crippen LogP) is 4.29. The topological polar surface area (TPSA) is 52.4 Å². The van der Waals surface area contributed by atoms with Crippen molar-refractivity contribution in [3.63, 3.8) is 0 Å². The van der Waals surface area contributed by atoms with Crippen molar-refractivity contribution in [2.75, 3.05) is 0 Å². The van der Waals surface area contributed by atoms with Crippen molar-refractivity contribution in [2.45, 2.75) is 45.8 Å². The molecule has 0 spiro atoms. The van der Waals surface area contributed by atoms with Crippen LogP contribution < -0.4 is 4.43 Å². The average Bonchev–Trinajstić information content (AvgIpc) is 2.18. The quantitative estimate of drug-likeness (QED) is 0.466. The van der Waals surface area contributed by atoms with Gasteiger partial charge in [-0.15, -0.1) is 0 Å². The first-order chi connectivity index (χ1) is 8.04. The number of non-ortho nitro benzene ring substituents is 1. The zero-order valence-electron chi connectivity index (χ0n) is 11.9. The molecule has 0 heterocycles. The van der Waals surface area contributed by atoms with Crippen molar-refractivity contribution in [3.8, 4) is 5.75 Å². The van der Waals surface area contributed by atoms with Crippen LogP contribution in [-0.2, 0) is 0 Å². The fourth-order valence-corrected chi connectivity index (χ4v) is 2.32. The van der Waals surface area contributed by atoms with E-state index in [0.29, 0.717) is 5.75 Å². The van der Waals surface area contributed by atoms with E-state index in [2.05, 4.69) is 33.9 Å². The molecule has 0 saturated carbocycles. The van der Waals surface area contributed by atoms with Gasteiger partial charge in [0.15, 0.2) is 0 Å². The first-order valence-corrected chi connectivity index (χ1v) is 8.89. The lowest BCUT2D eigenvalue weighted by molar-refractivity contribution is -0.384. The lowest BCUT2D eigenvalue weighted by Gasteiger charge is -2.36. The molecule has 1 aromatic rings. The Hall–Kier alpha value is -1.36. The lowest BCUT2D eigenvalue weighted by atomic mass is 10.2. The van der Waals surface area contributed by atoms with E-state index in [4.69, 9.17) is 4.43 Å². The van der Waals surface area contributed by atoms with Crippen LogP contribution in [0.15, 0.2) is 18.2 Å². The Morgan fingerprint density at radius 1 is 1.28 bits per heavy atom. The molecular weight excluding hydrogens is 246 g/mol. The van der Waals surface area contributed by atoms with Crippen LogP contribution in [0.4, 0.5) is 5.69 Å². The highest BCUT2D eigenvalue weighted by molar-refractivity contribution is 6.74. The van der Waals surface area contributed by atoms with E-state index >= 15 is 0 Å². The van der Waals surface area contributed by atoms with Gasteiger partial charge >= 0.3 is 0 Å². The average molecular weight is 267 g/mol. The van der Waals surface area contributed by atoms with Gasteiger partial charge in [-0.25, -0.2) is 0 Å². The second-order valence-corrected chi connectivity index (χ2v) is 10.8. The molecule has 0 atom stereocenters. The van der Waals surface area contributed by atoms with E-state index in [1.54, 1.807) is 6.07 Å². The minimum absolute atomic E-state index is 0.0735. The summed E-state index contributed by atoms with van der Waals surface area (Å²) in [6.07, 6.45) is 0. The molecule has 0 radical (unpaired) electrons. The lowest BCUT2D eigenvalue weighted by Crippen LogP contribution is -2.44. The van der Waals surface area contributed by atoms with Crippen LogP contribution in [-0.4, -0.2) is 13.2 Å². The number of nitro groups is 1.